The molecule has 216 valence electrons. The second-order valence-corrected chi connectivity index (χ2v) is 13.8. The molecule has 0 aromatic carbocycles. The topological polar surface area (TPSA) is 72.9 Å². The highest BCUT2D eigenvalue weighted by molar-refractivity contribution is 7.15. The normalized spacial score (nSPS) is 24.2. The summed E-state index contributed by atoms with van der Waals surface area (Å²) in [5.74, 6) is 7.02. The van der Waals surface area contributed by atoms with Crippen molar-refractivity contribution in [2.24, 2.45) is 29.1 Å². The summed E-state index contributed by atoms with van der Waals surface area (Å²) in [6, 6.07) is 1.59. The lowest BCUT2D eigenvalue weighted by Crippen LogP contribution is -2.44. The van der Waals surface area contributed by atoms with Gasteiger partial charge in [0.15, 0.2) is 0 Å². The van der Waals surface area contributed by atoms with Crippen LogP contribution in [0.25, 0.3) is 0 Å². The highest BCUT2D eigenvalue weighted by Gasteiger charge is 2.35. The summed E-state index contributed by atoms with van der Waals surface area (Å²) in [5, 5.41) is 0. The number of carbonyl (C=O) groups excluding carboxylic acids is 3. The molecule has 2 fully saturated rings. The zero-order valence-electron chi connectivity index (χ0n) is 24.9. The second kappa shape index (κ2) is 13.8. The standard InChI is InChI=1S/C32H47NO5S/c1-21-8-12-24(13-9-21)29(34)33(23(3)17-19-38-30(35)25-14-10-22(2)11-15-25)27-20-26(16-18-32(4,5)6)39-28(27)31(36)37-7/h20-25H,8-15,17,19H2,1-7H3/t21-,22-,23-,24-,25-/m0/s1. The Morgan fingerprint density at radius 3 is 2.10 bits per heavy atom. The van der Waals surface area contributed by atoms with E-state index in [-0.39, 0.29) is 41.8 Å². The molecular formula is C32H47NO5S. The van der Waals surface area contributed by atoms with Crippen LogP contribution in [0.2, 0.25) is 0 Å². The van der Waals surface area contributed by atoms with Gasteiger partial charge in [0.05, 0.1) is 30.2 Å². The Balaban J connectivity index is 1.85. The van der Waals surface area contributed by atoms with Gasteiger partial charge < -0.3 is 14.4 Å². The van der Waals surface area contributed by atoms with Crippen LogP contribution in [0.1, 0.15) is 114 Å². The van der Waals surface area contributed by atoms with E-state index in [2.05, 4.69) is 25.7 Å². The Bertz CT molecular complexity index is 1060. The largest absolute Gasteiger partial charge is 0.465 e. The third-order valence-corrected chi connectivity index (χ3v) is 9.10. The summed E-state index contributed by atoms with van der Waals surface area (Å²) in [6.45, 7) is 12.8. The molecule has 0 bridgehead atoms. The summed E-state index contributed by atoms with van der Waals surface area (Å²) in [5.41, 5.74) is 0.353. The van der Waals surface area contributed by atoms with Crippen molar-refractivity contribution in [3.8, 4) is 11.8 Å². The van der Waals surface area contributed by atoms with Gasteiger partial charge in [-0.1, -0.05) is 25.7 Å². The molecule has 1 aromatic heterocycles. The molecule has 1 aromatic rings. The highest BCUT2D eigenvalue weighted by atomic mass is 32.1. The van der Waals surface area contributed by atoms with Gasteiger partial charge in [0.2, 0.25) is 5.91 Å². The summed E-state index contributed by atoms with van der Waals surface area (Å²) in [6.07, 6.45) is 8.10. The van der Waals surface area contributed by atoms with Crippen LogP contribution in [0.5, 0.6) is 0 Å². The predicted octanol–water partition coefficient (Wildman–Crippen LogP) is 7.24. The van der Waals surface area contributed by atoms with Crippen LogP contribution in [0, 0.1) is 40.9 Å². The van der Waals surface area contributed by atoms with E-state index in [0.717, 1.165) is 56.2 Å². The Labute approximate surface area is 239 Å². The molecule has 39 heavy (non-hydrogen) atoms. The van der Waals surface area contributed by atoms with Crippen molar-refractivity contribution in [3.63, 3.8) is 0 Å². The van der Waals surface area contributed by atoms with Gasteiger partial charge >= 0.3 is 11.9 Å². The first-order valence-electron chi connectivity index (χ1n) is 14.6. The zero-order valence-corrected chi connectivity index (χ0v) is 25.7. The van der Waals surface area contributed by atoms with Crippen molar-refractivity contribution in [2.45, 2.75) is 105 Å². The number of thiophene rings is 1. The number of hydrogen-bond donors (Lipinski definition) is 0. The Kier molecular flexibility index (Phi) is 11.1. The predicted molar refractivity (Wildman–Crippen MR) is 157 cm³/mol. The fourth-order valence-electron chi connectivity index (χ4n) is 5.46. The number of rotatable bonds is 8. The molecule has 7 heteroatoms. The van der Waals surface area contributed by atoms with Gasteiger partial charge in [0, 0.05) is 23.8 Å². The molecule has 0 radical (unpaired) electrons. The van der Waals surface area contributed by atoms with Crippen LogP contribution in [0.4, 0.5) is 5.69 Å². The molecule has 2 saturated carbocycles. The van der Waals surface area contributed by atoms with E-state index in [4.69, 9.17) is 9.47 Å². The molecule has 0 aliphatic heterocycles. The van der Waals surface area contributed by atoms with Crippen LogP contribution in [0.3, 0.4) is 0 Å². The van der Waals surface area contributed by atoms with Crippen molar-refractivity contribution in [3.05, 3.63) is 15.8 Å². The lowest BCUT2D eigenvalue weighted by Gasteiger charge is -2.35. The number of esters is 2. The number of carbonyl (C=O) groups is 3. The maximum atomic E-state index is 14.0. The minimum atomic E-state index is -0.473. The second-order valence-electron chi connectivity index (χ2n) is 12.7. The Morgan fingerprint density at radius 2 is 1.56 bits per heavy atom. The van der Waals surface area contributed by atoms with Gasteiger partial charge in [-0.3, -0.25) is 9.59 Å². The zero-order chi connectivity index (χ0) is 28.7. The molecule has 1 heterocycles. The van der Waals surface area contributed by atoms with E-state index < -0.39 is 5.97 Å². The van der Waals surface area contributed by atoms with Gasteiger partial charge in [-0.25, -0.2) is 4.79 Å². The van der Waals surface area contributed by atoms with Crippen LogP contribution < -0.4 is 4.90 Å². The quantitative estimate of drug-likeness (QED) is 0.249. The SMILES string of the molecule is COC(=O)c1sc(C#CC(C)(C)C)cc1N(C(=O)[C@H]1CC[C@H](C)CC1)[C@@H](C)CCOC(=O)[C@H]1CC[C@H](C)CC1. The van der Waals surface area contributed by atoms with E-state index in [1.165, 1.54) is 18.4 Å². The minimum absolute atomic E-state index is 0.0229. The lowest BCUT2D eigenvalue weighted by molar-refractivity contribution is -0.150. The number of ether oxygens (including phenoxy) is 2. The summed E-state index contributed by atoms with van der Waals surface area (Å²) in [7, 11) is 1.36. The highest BCUT2D eigenvalue weighted by Crippen LogP contribution is 2.37. The monoisotopic (exact) mass is 557 g/mol. The van der Waals surface area contributed by atoms with E-state index >= 15 is 0 Å². The molecule has 0 spiro atoms. The van der Waals surface area contributed by atoms with Crippen LogP contribution in [0.15, 0.2) is 6.07 Å². The van der Waals surface area contributed by atoms with Crippen molar-refractivity contribution >= 4 is 34.9 Å². The Hall–Kier alpha value is -2.33. The lowest BCUT2D eigenvalue weighted by atomic mass is 9.82. The maximum absolute atomic E-state index is 14.0. The number of methoxy groups -OCH3 is 1. The average Bonchev–Trinajstić information content (AvgIpc) is 3.31. The molecule has 2 aliphatic carbocycles. The average molecular weight is 558 g/mol. The van der Waals surface area contributed by atoms with Crippen LogP contribution >= 0.6 is 11.3 Å². The summed E-state index contributed by atoms with van der Waals surface area (Å²) in [4.78, 5) is 42.5. The molecule has 0 unspecified atom stereocenters. The molecular weight excluding hydrogens is 510 g/mol. The van der Waals surface area contributed by atoms with Crippen molar-refractivity contribution in [2.75, 3.05) is 18.6 Å². The summed E-state index contributed by atoms with van der Waals surface area (Å²) >= 11 is 1.26. The third kappa shape index (κ3) is 8.83. The van der Waals surface area contributed by atoms with Crippen molar-refractivity contribution < 1.29 is 23.9 Å². The van der Waals surface area contributed by atoms with Gasteiger partial charge in [-0.15, -0.1) is 11.3 Å². The molecule has 0 saturated heterocycles. The van der Waals surface area contributed by atoms with Gasteiger partial charge in [-0.2, -0.15) is 0 Å². The number of nitrogens with zero attached hydrogens (tertiary/aromatic N) is 1. The van der Waals surface area contributed by atoms with Crippen LogP contribution in [-0.4, -0.2) is 37.6 Å². The fourth-order valence-corrected chi connectivity index (χ4v) is 6.38. The van der Waals surface area contributed by atoms with E-state index in [1.54, 1.807) is 4.90 Å². The van der Waals surface area contributed by atoms with E-state index in [9.17, 15) is 14.4 Å². The number of amides is 1. The number of hydrogen-bond acceptors (Lipinski definition) is 6. The minimum Gasteiger partial charge on any atom is -0.465 e. The molecule has 6 nitrogen and oxygen atoms in total. The van der Waals surface area contributed by atoms with Gasteiger partial charge in [0.1, 0.15) is 4.88 Å². The first kappa shape index (κ1) is 31.2. The molecule has 0 N–H and O–H groups in total. The summed E-state index contributed by atoms with van der Waals surface area (Å²) < 4.78 is 10.8. The van der Waals surface area contributed by atoms with Gasteiger partial charge in [-0.05, 0) is 97.0 Å². The smallest absolute Gasteiger partial charge is 0.350 e. The Morgan fingerprint density at radius 1 is 1.00 bits per heavy atom. The molecule has 2 aliphatic rings. The van der Waals surface area contributed by atoms with Crippen molar-refractivity contribution in [1.29, 1.82) is 0 Å². The first-order valence-corrected chi connectivity index (χ1v) is 15.5. The first-order chi connectivity index (χ1) is 18.4. The van der Waals surface area contributed by atoms with Crippen molar-refractivity contribution in [1.82, 2.24) is 0 Å². The molecule has 3 rings (SSSR count). The van der Waals surface area contributed by atoms with Crippen LogP contribution in [-0.2, 0) is 19.1 Å². The maximum Gasteiger partial charge on any atom is 0.350 e. The van der Waals surface area contributed by atoms with E-state index in [1.807, 2.05) is 33.8 Å². The van der Waals surface area contributed by atoms with Gasteiger partial charge in [0.25, 0.3) is 0 Å². The molecule has 1 amide bonds. The van der Waals surface area contributed by atoms with E-state index in [0.29, 0.717) is 28.8 Å². The fraction of sp³-hybridized carbons (Fsp3) is 0.719. The third-order valence-electron chi connectivity index (χ3n) is 8.08. The number of anilines is 1. The molecule has 1 atom stereocenters.